The zero-order valence-electron chi connectivity index (χ0n) is 18.3. The topological polar surface area (TPSA) is 112 Å². The molecule has 0 unspecified atom stereocenters. The molecule has 2 aliphatic rings. The van der Waals surface area contributed by atoms with E-state index < -0.39 is 17.9 Å². The van der Waals surface area contributed by atoms with Gasteiger partial charge in [-0.15, -0.1) is 0 Å². The summed E-state index contributed by atoms with van der Waals surface area (Å²) in [4.78, 5) is 20.9. The number of benzene rings is 1. The second-order valence-electron chi connectivity index (χ2n) is 8.57. The lowest BCUT2D eigenvalue weighted by Crippen LogP contribution is -2.40. The van der Waals surface area contributed by atoms with Crippen LogP contribution in [0.25, 0.3) is 27.8 Å². The quantitative estimate of drug-likeness (QED) is 0.413. The summed E-state index contributed by atoms with van der Waals surface area (Å²) in [7, 11) is 0. The predicted molar refractivity (Wildman–Crippen MR) is 120 cm³/mol. The summed E-state index contributed by atoms with van der Waals surface area (Å²) in [6.07, 6.45) is 5.70. The van der Waals surface area contributed by atoms with Gasteiger partial charge in [-0.2, -0.15) is 5.10 Å². The van der Waals surface area contributed by atoms with E-state index in [0.717, 1.165) is 5.39 Å². The van der Waals surface area contributed by atoms with E-state index in [1.165, 1.54) is 0 Å². The van der Waals surface area contributed by atoms with Crippen molar-refractivity contribution in [1.29, 1.82) is 0 Å². The van der Waals surface area contributed by atoms with Crippen LogP contribution in [0.2, 0.25) is 0 Å². The molecule has 0 radical (unpaired) electrons. The number of alkyl halides is 1. The highest BCUT2D eigenvalue weighted by molar-refractivity contribution is 6.02. The molecule has 12 heteroatoms. The van der Waals surface area contributed by atoms with Gasteiger partial charge in [0.2, 0.25) is 5.91 Å². The van der Waals surface area contributed by atoms with Gasteiger partial charge in [-0.1, -0.05) is 0 Å². The summed E-state index contributed by atoms with van der Waals surface area (Å²) in [5, 5.41) is 12.3. The minimum Gasteiger partial charge on any atom is -0.379 e. The number of aromatic amines is 1. The Morgan fingerprint density at radius 2 is 2.06 bits per heavy atom. The second-order valence-corrected chi connectivity index (χ2v) is 8.57. The van der Waals surface area contributed by atoms with Crippen LogP contribution in [0, 0.1) is 18.7 Å². The molecule has 10 nitrogen and oxygen atoms in total. The SMILES string of the molecule is Cc1c(F)c(NN2CCOCC2)c2[nH]ncc2c1-c1cn2cc(NC(=O)[C@@H]3C[C@@H]3F)nc2cn1. The average molecular weight is 468 g/mol. The number of fused-ring (bicyclic) bond motifs is 2. The standard InChI is InChI=1S/C22H22F2N8O2/c1-11-18(13-7-26-29-20(13)21(19(11)24)30-32-2-4-34-5-3-32)15-9-31-10-16(27-17(31)8-25-15)28-22(33)12-6-14(12)23/h7-10,12,14,30H,2-6H2,1H3,(H,26,29)(H,28,33)/t12-,14+/m1/s1. The van der Waals surface area contributed by atoms with Crippen LogP contribution >= 0.6 is 0 Å². The van der Waals surface area contributed by atoms with E-state index in [2.05, 4.69) is 30.9 Å². The van der Waals surface area contributed by atoms with E-state index in [1.54, 1.807) is 36.1 Å². The number of imidazole rings is 1. The highest BCUT2D eigenvalue weighted by atomic mass is 19.1. The van der Waals surface area contributed by atoms with Crippen molar-refractivity contribution in [2.45, 2.75) is 19.5 Å². The monoisotopic (exact) mass is 468 g/mol. The lowest BCUT2D eigenvalue weighted by atomic mass is 9.99. The van der Waals surface area contributed by atoms with Crippen molar-refractivity contribution in [3.05, 3.63) is 36.2 Å². The minimum atomic E-state index is -1.08. The van der Waals surface area contributed by atoms with Crippen LogP contribution in [-0.2, 0) is 9.53 Å². The van der Waals surface area contributed by atoms with Crippen molar-refractivity contribution in [2.24, 2.45) is 5.92 Å². The van der Waals surface area contributed by atoms with Crippen LogP contribution < -0.4 is 10.7 Å². The molecule has 3 aromatic heterocycles. The van der Waals surface area contributed by atoms with Crippen molar-refractivity contribution in [1.82, 2.24) is 29.6 Å². The smallest absolute Gasteiger partial charge is 0.231 e. The van der Waals surface area contributed by atoms with Gasteiger partial charge in [0.15, 0.2) is 17.3 Å². The number of hydrazine groups is 1. The van der Waals surface area contributed by atoms with Gasteiger partial charge in [-0.3, -0.25) is 14.9 Å². The van der Waals surface area contributed by atoms with E-state index in [1.807, 2.05) is 5.01 Å². The fourth-order valence-corrected chi connectivity index (χ4v) is 4.29. The summed E-state index contributed by atoms with van der Waals surface area (Å²) in [5.74, 6) is -1.08. The Morgan fingerprint density at radius 1 is 1.26 bits per heavy atom. The third-order valence-electron chi connectivity index (χ3n) is 6.26. The predicted octanol–water partition coefficient (Wildman–Crippen LogP) is 2.68. The fraction of sp³-hybridized carbons (Fsp3) is 0.364. The Bertz CT molecular complexity index is 1410. The maximum Gasteiger partial charge on any atom is 0.231 e. The minimum absolute atomic E-state index is 0.243. The van der Waals surface area contributed by atoms with Gasteiger partial charge in [-0.05, 0) is 18.9 Å². The molecule has 4 heterocycles. The number of hydrogen-bond acceptors (Lipinski definition) is 7. The summed E-state index contributed by atoms with van der Waals surface area (Å²) < 4.78 is 35.8. The number of aromatic nitrogens is 5. The molecular weight excluding hydrogens is 446 g/mol. The van der Waals surface area contributed by atoms with Gasteiger partial charge in [0.05, 0.1) is 48.9 Å². The first-order valence-corrected chi connectivity index (χ1v) is 11.0. The molecule has 1 saturated carbocycles. The first-order chi connectivity index (χ1) is 16.5. The van der Waals surface area contributed by atoms with Gasteiger partial charge < -0.3 is 19.9 Å². The highest BCUT2D eigenvalue weighted by Gasteiger charge is 2.43. The lowest BCUT2D eigenvalue weighted by Gasteiger charge is -2.28. The molecule has 34 heavy (non-hydrogen) atoms. The molecule has 176 valence electrons. The Hall–Kier alpha value is -3.64. The van der Waals surface area contributed by atoms with Gasteiger partial charge in [0.25, 0.3) is 0 Å². The van der Waals surface area contributed by atoms with E-state index in [9.17, 15) is 9.18 Å². The molecule has 6 rings (SSSR count). The van der Waals surface area contributed by atoms with Crippen molar-refractivity contribution in [3.63, 3.8) is 0 Å². The van der Waals surface area contributed by atoms with E-state index in [-0.39, 0.29) is 12.3 Å². The third-order valence-corrected chi connectivity index (χ3v) is 6.26. The summed E-state index contributed by atoms with van der Waals surface area (Å²) in [5.41, 5.74) is 6.09. The zero-order chi connectivity index (χ0) is 23.4. The van der Waals surface area contributed by atoms with Crippen LogP contribution in [0.4, 0.5) is 20.3 Å². The number of nitrogens with zero attached hydrogens (tertiary/aromatic N) is 5. The second kappa shape index (κ2) is 7.99. The Morgan fingerprint density at radius 3 is 2.82 bits per heavy atom. The highest BCUT2D eigenvalue weighted by Crippen LogP contribution is 2.38. The number of nitrogens with one attached hydrogen (secondary N) is 3. The molecule has 2 fully saturated rings. The molecule has 3 N–H and O–H groups in total. The number of ether oxygens (including phenoxy) is 1. The molecule has 0 spiro atoms. The fourth-order valence-electron chi connectivity index (χ4n) is 4.29. The number of halogens is 2. The number of carbonyl (C=O) groups is 1. The van der Waals surface area contributed by atoms with Crippen LogP contribution in [0.1, 0.15) is 12.0 Å². The molecule has 4 aromatic rings. The van der Waals surface area contributed by atoms with Crippen LogP contribution in [0.5, 0.6) is 0 Å². The number of morpholine rings is 1. The molecule has 0 bridgehead atoms. The Balaban J connectivity index is 1.37. The van der Waals surface area contributed by atoms with E-state index in [0.29, 0.717) is 65.8 Å². The van der Waals surface area contributed by atoms with Gasteiger partial charge >= 0.3 is 0 Å². The first kappa shape index (κ1) is 20.9. The van der Waals surface area contributed by atoms with Crippen LogP contribution in [0.3, 0.4) is 0 Å². The first-order valence-electron chi connectivity index (χ1n) is 11.0. The average Bonchev–Trinajstić information content (AvgIpc) is 3.19. The summed E-state index contributed by atoms with van der Waals surface area (Å²) in [6, 6.07) is 0. The van der Waals surface area contributed by atoms with Crippen molar-refractivity contribution in [3.8, 4) is 11.3 Å². The molecule has 1 saturated heterocycles. The summed E-state index contributed by atoms with van der Waals surface area (Å²) >= 11 is 0. The molecule has 1 aliphatic heterocycles. The number of rotatable bonds is 5. The maximum atomic E-state index is 15.6. The van der Waals surface area contributed by atoms with Crippen molar-refractivity contribution >= 4 is 34.0 Å². The largest absolute Gasteiger partial charge is 0.379 e. The van der Waals surface area contributed by atoms with Gasteiger partial charge in [0.1, 0.15) is 11.9 Å². The van der Waals surface area contributed by atoms with E-state index >= 15 is 4.39 Å². The molecule has 1 amide bonds. The number of carbonyl (C=O) groups excluding carboxylic acids is 1. The number of anilines is 2. The molecule has 1 aliphatic carbocycles. The lowest BCUT2D eigenvalue weighted by molar-refractivity contribution is -0.117. The summed E-state index contributed by atoms with van der Waals surface area (Å²) in [6.45, 7) is 4.13. The number of hydrogen-bond donors (Lipinski definition) is 3. The molecular formula is C22H22F2N8O2. The van der Waals surface area contributed by atoms with Crippen LogP contribution in [0.15, 0.2) is 24.8 Å². The molecule has 2 atom stereocenters. The normalized spacial score (nSPS) is 20.7. The molecule has 1 aromatic carbocycles. The third kappa shape index (κ3) is 3.55. The number of amides is 1. The Kier molecular flexibility index (Phi) is 4.92. The zero-order valence-corrected chi connectivity index (χ0v) is 18.3. The Labute approximate surface area is 192 Å². The van der Waals surface area contributed by atoms with Crippen LogP contribution in [-0.4, -0.2) is 68.0 Å². The number of H-pyrrole nitrogens is 1. The van der Waals surface area contributed by atoms with Crippen molar-refractivity contribution < 1.29 is 18.3 Å². The van der Waals surface area contributed by atoms with Crippen molar-refractivity contribution in [2.75, 3.05) is 37.0 Å². The van der Waals surface area contributed by atoms with E-state index in [4.69, 9.17) is 4.74 Å². The van der Waals surface area contributed by atoms with Gasteiger partial charge in [0, 0.05) is 30.2 Å². The maximum absolute atomic E-state index is 15.6. The van der Waals surface area contributed by atoms with Gasteiger partial charge in [-0.25, -0.2) is 18.8 Å².